The highest BCUT2D eigenvalue weighted by molar-refractivity contribution is 6.58. The molecule has 0 saturated heterocycles. The number of nitrogens with zero attached hydrogens (tertiary/aromatic N) is 2. The first-order valence-corrected chi connectivity index (χ1v) is 5.67. The lowest BCUT2D eigenvalue weighted by Crippen LogP contribution is -2.29. The van der Waals surface area contributed by atoms with Crippen LogP contribution in [-0.2, 0) is 6.54 Å². The third-order valence-corrected chi connectivity index (χ3v) is 2.66. The molecule has 0 amide bonds. The van der Waals surface area contributed by atoms with Crippen LogP contribution in [0.5, 0.6) is 5.88 Å². The average Bonchev–Trinajstić information content (AvgIpc) is 2.42. The van der Waals surface area contributed by atoms with Gasteiger partial charge < -0.3 is 14.8 Å². The van der Waals surface area contributed by atoms with Crippen molar-refractivity contribution in [3.05, 3.63) is 52.3 Å². The van der Waals surface area contributed by atoms with Crippen LogP contribution < -0.4 is 15.8 Å². The maximum absolute atomic E-state index is 11.6. The quantitative estimate of drug-likeness (QED) is 0.687. The van der Waals surface area contributed by atoms with E-state index in [1.165, 1.54) is 23.9 Å². The maximum Gasteiger partial charge on any atom is 0.488 e. The minimum absolute atomic E-state index is 0.230. The monoisotopic (exact) mass is 260 g/mol. The highest BCUT2D eigenvalue weighted by Crippen LogP contribution is 2.03. The van der Waals surface area contributed by atoms with Crippen molar-refractivity contribution in [2.75, 3.05) is 7.11 Å². The van der Waals surface area contributed by atoms with Crippen LogP contribution in [0.4, 0.5) is 0 Å². The molecule has 0 fully saturated rings. The van der Waals surface area contributed by atoms with Gasteiger partial charge in [0.15, 0.2) is 0 Å². The fourth-order valence-electron chi connectivity index (χ4n) is 1.62. The fourth-order valence-corrected chi connectivity index (χ4v) is 1.62. The number of methoxy groups -OCH3 is 1. The number of hydrogen-bond donors (Lipinski definition) is 2. The number of benzene rings is 1. The molecule has 7 heteroatoms. The highest BCUT2D eigenvalue weighted by Gasteiger charge is 2.10. The first-order chi connectivity index (χ1) is 9.10. The van der Waals surface area contributed by atoms with Gasteiger partial charge in [-0.25, -0.2) is 4.68 Å². The summed E-state index contributed by atoms with van der Waals surface area (Å²) in [4.78, 5) is 11.6. The Bertz CT molecular complexity index is 610. The molecule has 0 aliphatic heterocycles. The lowest BCUT2D eigenvalue weighted by molar-refractivity contribution is 0.379. The molecule has 0 saturated carbocycles. The lowest BCUT2D eigenvalue weighted by atomic mass is 9.80. The summed E-state index contributed by atoms with van der Waals surface area (Å²) in [5, 5.41) is 22.0. The molecule has 0 bridgehead atoms. The van der Waals surface area contributed by atoms with Gasteiger partial charge in [-0.3, -0.25) is 4.79 Å². The van der Waals surface area contributed by atoms with Crippen molar-refractivity contribution in [1.29, 1.82) is 0 Å². The van der Waals surface area contributed by atoms with Crippen LogP contribution in [0.2, 0.25) is 0 Å². The van der Waals surface area contributed by atoms with Crippen LogP contribution in [0.25, 0.3) is 0 Å². The van der Waals surface area contributed by atoms with Crippen molar-refractivity contribution >= 4 is 12.6 Å². The van der Waals surface area contributed by atoms with Gasteiger partial charge in [-0.2, -0.15) is 0 Å². The van der Waals surface area contributed by atoms with Gasteiger partial charge in [0.25, 0.3) is 5.56 Å². The average molecular weight is 260 g/mol. The van der Waals surface area contributed by atoms with Gasteiger partial charge >= 0.3 is 7.12 Å². The van der Waals surface area contributed by atoms with Crippen LogP contribution in [0.1, 0.15) is 5.56 Å². The van der Waals surface area contributed by atoms with Crippen molar-refractivity contribution in [3.63, 3.8) is 0 Å². The SMILES string of the molecule is COc1ccc(=O)n(Cc2ccc(B(O)O)cc2)n1. The molecular formula is C12H13BN2O4. The molecule has 0 aliphatic carbocycles. The lowest BCUT2D eigenvalue weighted by Gasteiger charge is -2.07. The molecule has 2 N–H and O–H groups in total. The molecule has 2 aromatic rings. The topological polar surface area (TPSA) is 84.6 Å². The molecule has 98 valence electrons. The van der Waals surface area contributed by atoms with E-state index in [0.29, 0.717) is 11.3 Å². The molecular weight excluding hydrogens is 247 g/mol. The Morgan fingerprint density at radius 2 is 1.89 bits per heavy atom. The van der Waals surface area contributed by atoms with Gasteiger partial charge in [-0.05, 0) is 11.0 Å². The number of hydrogen-bond acceptors (Lipinski definition) is 5. The van der Waals surface area contributed by atoms with Gasteiger partial charge in [-0.15, -0.1) is 5.10 Å². The van der Waals surface area contributed by atoms with Crippen molar-refractivity contribution in [3.8, 4) is 5.88 Å². The Hall–Kier alpha value is -2.12. The maximum atomic E-state index is 11.6. The minimum Gasteiger partial charge on any atom is -0.480 e. The van der Waals surface area contributed by atoms with Gasteiger partial charge in [-0.1, -0.05) is 24.3 Å². The Morgan fingerprint density at radius 1 is 1.21 bits per heavy atom. The molecule has 2 rings (SSSR count). The second kappa shape index (κ2) is 5.68. The zero-order valence-corrected chi connectivity index (χ0v) is 10.4. The molecule has 0 aliphatic rings. The predicted octanol–water partition coefficient (Wildman–Crippen LogP) is -1.02. The van der Waals surface area contributed by atoms with Crippen molar-refractivity contribution in [2.24, 2.45) is 0 Å². The molecule has 1 aromatic heterocycles. The van der Waals surface area contributed by atoms with Crippen LogP contribution >= 0.6 is 0 Å². The van der Waals surface area contributed by atoms with E-state index >= 15 is 0 Å². The largest absolute Gasteiger partial charge is 0.488 e. The second-order valence-electron chi connectivity index (χ2n) is 3.99. The first kappa shape index (κ1) is 13.3. The number of ether oxygens (including phenoxy) is 1. The summed E-state index contributed by atoms with van der Waals surface area (Å²) in [6.07, 6.45) is 0. The van der Waals surface area contributed by atoms with E-state index in [4.69, 9.17) is 14.8 Å². The summed E-state index contributed by atoms with van der Waals surface area (Å²) in [7, 11) is -0.0130. The van der Waals surface area contributed by atoms with Crippen LogP contribution in [0.15, 0.2) is 41.2 Å². The third kappa shape index (κ3) is 3.21. The summed E-state index contributed by atoms with van der Waals surface area (Å²) in [5.41, 5.74) is 0.994. The van der Waals surface area contributed by atoms with Crippen LogP contribution in [-0.4, -0.2) is 34.1 Å². The molecule has 0 spiro atoms. The van der Waals surface area contributed by atoms with Crippen molar-refractivity contribution in [2.45, 2.75) is 6.54 Å². The van der Waals surface area contributed by atoms with Gasteiger partial charge in [0, 0.05) is 12.1 Å². The number of rotatable bonds is 4. The molecule has 0 atom stereocenters. The predicted molar refractivity (Wildman–Crippen MR) is 70.4 cm³/mol. The summed E-state index contributed by atoms with van der Waals surface area (Å²) in [5.74, 6) is 0.363. The zero-order chi connectivity index (χ0) is 13.8. The van der Waals surface area contributed by atoms with Crippen LogP contribution in [0, 0.1) is 0 Å². The van der Waals surface area contributed by atoms with E-state index in [2.05, 4.69) is 5.10 Å². The van der Waals surface area contributed by atoms with E-state index in [9.17, 15) is 4.79 Å². The molecule has 0 unspecified atom stereocenters. The number of aromatic nitrogens is 2. The molecule has 1 aromatic carbocycles. The molecule has 0 radical (unpaired) electrons. The van der Waals surface area contributed by atoms with Crippen molar-refractivity contribution < 1.29 is 14.8 Å². The zero-order valence-electron chi connectivity index (χ0n) is 10.4. The minimum atomic E-state index is -1.49. The Morgan fingerprint density at radius 3 is 2.47 bits per heavy atom. The second-order valence-corrected chi connectivity index (χ2v) is 3.99. The van der Waals surface area contributed by atoms with Crippen LogP contribution in [0.3, 0.4) is 0 Å². The third-order valence-electron chi connectivity index (χ3n) is 2.66. The van der Waals surface area contributed by atoms with Crippen molar-refractivity contribution in [1.82, 2.24) is 9.78 Å². The summed E-state index contributed by atoms with van der Waals surface area (Å²) < 4.78 is 6.24. The van der Waals surface area contributed by atoms with E-state index in [-0.39, 0.29) is 12.1 Å². The molecule has 6 nitrogen and oxygen atoms in total. The van der Waals surface area contributed by atoms with E-state index in [0.717, 1.165) is 5.56 Å². The Balaban J connectivity index is 2.23. The van der Waals surface area contributed by atoms with Gasteiger partial charge in [0.2, 0.25) is 5.88 Å². The summed E-state index contributed by atoms with van der Waals surface area (Å²) in [6.45, 7) is 0.290. The standard InChI is InChI=1S/C12H13BN2O4/c1-19-11-6-7-12(16)15(14-11)8-9-2-4-10(5-3-9)13(17)18/h2-7,17-18H,8H2,1H3. The molecule has 19 heavy (non-hydrogen) atoms. The smallest absolute Gasteiger partial charge is 0.480 e. The van der Waals surface area contributed by atoms with E-state index < -0.39 is 7.12 Å². The summed E-state index contributed by atoms with van der Waals surface area (Å²) >= 11 is 0. The van der Waals surface area contributed by atoms with Gasteiger partial charge in [0.1, 0.15) is 0 Å². The Kier molecular flexibility index (Phi) is 3.98. The molecule has 1 heterocycles. The fraction of sp³-hybridized carbons (Fsp3) is 0.167. The first-order valence-electron chi connectivity index (χ1n) is 5.67. The van der Waals surface area contributed by atoms with E-state index in [1.807, 2.05) is 0 Å². The van der Waals surface area contributed by atoms with E-state index in [1.54, 1.807) is 24.3 Å². The highest BCUT2D eigenvalue weighted by atomic mass is 16.5. The normalized spacial score (nSPS) is 10.3. The van der Waals surface area contributed by atoms with Gasteiger partial charge in [0.05, 0.1) is 13.7 Å². The Labute approximate surface area is 110 Å². The summed E-state index contributed by atoms with van der Waals surface area (Å²) in [6, 6.07) is 9.49.